The molecule has 0 bridgehead atoms. The topological polar surface area (TPSA) is 44.6 Å². The molecule has 0 aromatic carbocycles. The lowest BCUT2D eigenvalue weighted by molar-refractivity contribution is 0.145. The first kappa shape index (κ1) is 16.3. The van der Waals surface area contributed by atoms with E-state index in [0.717, 1.165) is 70.8 Å². The Morgan fingerprint density at radius 1 is 1.22 bits per heavy atom. The molecular weight excluding hydrogens is 290 g/mol. The molecule has 2 amide bonds. The van der Waals surface area contributed by atoms with Crippen LogP contribution < -0.4 is 0 Å². The zero-order chi connectivity index (χ0) is 16.2. The van der Waals surface area contributed by atoms with Gasteiger partial charge in [-0.3, -0.25) is 0 Å². The minimum absolute atomic E-state index is 0.235. The van der Waals surface area contributed by atoms with E-state index in [1.54, 1.807) is 0 Å². The molecule has 0 aliphatic carbocycles. The van der Waals surface area contributed by atoms with Crippen LogP contribution in [-0.2, 0) is 6.54 Å². The van der Waals surface area contributed by atoms with Crippen molar-refractivity contribution < 1.29 is 4.79 Å². The Balaban J connectivity index is 1.64. The van der Waals surface area contributed by atoms with E-state index in [0.29, 0.717) is 5.92 Å². The van der Waals surface area contributed by atoms with Crippen LogP contribution >= 0.6 is 0 Å². The molecule has 2 aliphatic rings. The molecule has 1 aromatic heterocycles. The molecule has 0 N–H and O–H groups in total. The maximum atomic E-state index is 12.6. The van der Waals surface area contributed by atoms with Gasteiger partial charge in [0.1, 0.15) is 5.82 Å². The van der Waals surface area contributed by atoms with Gasteiger partial charge in [-0.15, -0.1) is 0 Å². The van der Waals surface area contributed by atoms with Gasteiger partial charge in [-0.25, -0.2) is 9.78 Å². The van der Waals surface area contributed by atoms with Crippen molar-refractivity contribution in [1.82, 2.24) is 24.3 Å². The number of likely N-dealkylation sites (tertiary alicyclic amines) is 2. The molecule has 3 heterocycles. The molecule has 2 saturated heterocycles. The van der Waals surface area contributed by atoms with Crippen LogP contribution in [0.25, 0.3) is 0 Å². The van der Waals surface area contributed by atoms with Crippen LogP contribution in [0.4, 0.5) is 4.79 Å². The zero-order valence-electron chi connectivity index (χ0n) is 14.4. The van der Waals surface area contributed by atoms with Crippen molar-refractivity contribution in [3.8, 4) is 0 Å². The highest BCUT2D eigenvalue weighted by atomic mass is 16.2. The van der Waals surface area contributed by atoms with Crippen LogP contribution in [-0.4, -0.2) is 77.1 Å². The molecule has 0 spiro atoms. The normalized spacial score (nSPS) is 22.1. The Morgan fingerprint density at radius 3 is 2.70 bits per heavy atom. The molecule has 2 fully saturated rings. The van der Waals surface area contributed by atoms with Gasteiger partial charge >= 0.3 is 6.03 Å². The minimum atomic E-state index is 0.235. The molecule has 23 heavy (non-hydrogen) atoms. The van der Waals surface area contributed by atoms with Crippen LogP contribution in [0.1, 0.15) is 37.4 Å². The van der Waals surface area contributed by atoms with E-state index in [9.17, 15) is 4.79 Å². The van der Waals surface area contributed by atoms with Crippen molar-refractivity contribution in [1.29, 1.82) is 0 Å². The molecule has 3 rings (SSSR count). The lowest BCUT2D eigenvalue weighted by atomic mass is 9.97. The van der Waals surface area contributed by atoms with Crippen LogP contribution in [0.3, 0.4) is 0 Å². The Bertz CT molecular complexity index is 521. The van der Waals surface area contributed by atoms with E-state index in [1.807, 2.05) is 16.0 Å². The summed E-state index contributed by atoms with van der Waals surface area (Å²) in [7, 11) is 4.18. The highest BCUT2D eigenvalue weighted by Crippen LogP contribution is 2.27. The van der Waals surface area contributed by atoms with Crippen molar-refractivity contribution in [2.75, 3.05) is 46.8 Å². The largest absolute Gasteiger partial charge is 0.333 e. The molecule has 0 saturated carbocycles. The average Bonchev–Trinajstić information content (AvgIpc) is 3.23. The predicted octanol–water partition coefficient (Wildman–Crippen LogP) is 1.84. The lowest BCUT2D eigenvalue weighted by Gasteiger charge is -2.35. The third kappa shape index (κ3) is 3.86. The zero-order valence-corrected chi connectivity index (χ0v) is 14.4. The van der Waals surface area contributed by atoms with E-state index < -0.39 is 0 Å². The number of hydrogen-bond donors (Lipinski definition) is 0. The molecular formula is C17H29N5O. The fourth-order valence-electron chi connectivity index (χ4n) is 3.65. The Labute approximate surface area is 139 Å². The summed E-state index contributed by atoms with van der Waals surface area (Å²) in [6, 6.07) is 0.235. The number of piperidine rings is 1. The van der Waals surface area contributed by atoms with Crippen LogP contribution in [0.15, 0.2) is 12.4 Å². The first-order valence-electron chi connectivity index (χ1n) is 8.85. The molecule has 128 valence electrons. The molecule has 1 unspecified atom stereocenters. The molecule has 6 nitrogen and oxygen atoms in total. The quantitative estimate of drug-likeness (QED) is 0.850. The first-order valence-corrected chi connectivity index (χ1v) is 8.85. The maximum absolute atomic E-state index is 12.6. The third-order valence-corrected chi connectivity index (χ3v) is 4.97. The summed E-state index contributed by atoms with van der Waals surface area (Å²) in [5.41, 5.74) is 0. The summed E-state index contributed by atoms with van der Waals surface area (Å²) < 4.78 is 2.26. The monoisotopic (exact) mass is 319 g/mol. The molecule has 1 atom stereocenters. The summed E-state index contributed by atoms with van der Waals surface area (Å²) >= 11 is 0. The van der Waals surface area contributed by atoms with E-state index in [1.165, 1.54) is 0 Å². The van der Waals surface area contributed by atoms with Gasteiger partial charge in [-0.2, -0.15) is 0 Å². The van der Waals surface area contributed by atoms with E-state index in [2.05, 4.69) is 34.7 Å². The second-order valence-corrected chi connectivity index (χ2v) is 7.04. The number of rotatable bonds is 4. The summed E-state index contributed by atoms with van der Waals surface area (Å²) in [5.74, 6) is 1.51. The highest BCUT2D eigenvalue weighted by Gasteiger charge is 2.30. The first-order chi connectivity index (χ1) is 11.1. The number of carbonyl (C=O) groups is 1. The summed E-state index contributed by atoms with van der Waals surface area (Å²) in [4.78, 5) is 23.5. The van der Waals surface area contributed by atoms with Crippen LogP contribution in [0.5, 0.6) is 0 Å². The number of carbonyl (C=O) groups excluding carboxylic acids is 1. The Hall–Kier alpha value is -1.56. The number of imidazole rings is 1. The van der Waals surface area contributed by atoms with Gasteiger partial charge in [0.15, 0.2) is 0 Å². The maximum Gasteiger partial charge on any atom is 0.320 e. The second-order valence-electron chi connectivity index (χ2n) is 7.04. The van der Waals surface area contributed by atoms with Gasteiger partial charge in [-0.1, -0.05) is 0 Å². The SMILES string of the molecule is CN(C)CCn1ccnc1C1CCCN(C(=O)N2CCCC2)C1. The van der Waals surface area contributed by atoms with Crippen molar-refractivity contribution in [2.24, 2.45) is 0 Å². The fraction of sp³-hybridized carbons (Fsp3) is 0.765. The van der Waals surface area contributed by atoms with Crippen LogP contribution in [0.2, 0.25) is 0 Å². The highest BCUT2D eigenvalue weighted by molar-refractivity contribution is 5.74. The van der Waals surface area contributed by atoms with Gasteiger partial charge < -0.3 is 19.3 Å². The molecule has 6 heteroatoms. The summed E-state index contributed by atoms with van der Waals surface area (Å²) in [6.45, 7) is 5.53. The van der Waals surface area contributed by atoms with Crippen molar-refractivity contribution in [3.63, 3.8) is 0 Å². The minimum Gasteiger partial charge on any atom is -0.333 e. The number of amides is 2. The van der Waals surface area contributed by atoms with E-state index in [-0.39, 0.29) is 6.03 Å². The van der Waals surface area contributed by atoms with E-state index >= 15 is 0 Å². The number of aromatic nitrogens is 2. The lowest BCUT2D eigenvalue weighted by Crippen LogP contribution is -2.46. The number of nitrogens with zero attached hydrogens (tertiary/aromatic N) is 5. The fourth-order valence-corrected chi connectivity index (χ4v) is 3.65. The summed E-state index contributed by atoms with van der Waals surface area (Å²) in [5, 5.41) is 0. The third-order valence-electron chi connectivity index (χ3n) is 4.97. The Kier molecular flexibility index (Phi) is 5.20. The smallest absolute Gasteiger partial charge is 0.320 e. The van der Waals surface area contributed by atoms with Crippen molar-refractivity contribution in [3.05, 3.63) is 18.2 Å². The standard InChI is InChI=1S/C17H29N5O/c1-19(2)12-13-20-11-7-18-16(20)15-6-5-10-22(14-15)17(23)21-8-3-4-9-21/h7,11,15H,3-6,8-10,12-14H2,1-2H3. The number of likely N-dealkylation sites (N-methyl/N-ethyl adjacent to an activating group) is 1. The van der Waals surface area contributed by atoms with Gasteiger partial charge in [0.25, 0.3) is 0 Å². The molecule has 1 aromatic rings. The molecule has 0 radical (unpaired) electrons. The van der Waals surface area contributed by atoms with Crippen molar-refractivity contribution >= 4 is 6.03 Å². The number of urea groups is 1. The number of hydrogen-bond acceptors (Lipinski definition) is 3. The van der Waals surface area contributed by atoms with Gasteiger partial charge in [-0.05, 0) is 39.8 Å². The summed E-state index contributed by atoms with van der Waals surface area (Å²) in [6.07, 6.45) is 8.47. The Morgan fingerprint density at radius 2 is 1.96 bits per heavy atom. The van der Waals surface area contributed by atoms with Gasteiger partial charge in [0.05, 0.1) is 0 Å². The average molecular weight is 319 g/mol. The van der Waals surface area contributed by atoms with Crippen LogP contribution in [0, 0.1) is 0 Å². The predicted molar refractivity (Wildman–Crippen MR) is 90.5 cm³/mol. The molecule has 2 aliphatic heterocycles. The van der Waals surface area contributed by atoms with Gasteiger partial charge in [0.2, 0.25) is 0 Å². The second kappa shape index (κ2) is 7.34. The van der Waals surface area contributed by atoms with Crippen molar-refractivity contribution in [2.45, 2.75) is 38.1 Å². The van der Waals surface area contributed by atoms with E-state index in [4.69, 9.17) is 0 Å². The van der Waals surface area contributed by atoms with Gasteiger partial charge in [0, 0.05) is 57.6 Å².